The van der Waals surface area contributed by atoms with Crippen LogP contribution in [0.25, 0.3) is 0 Å². The third-order valence-corrected chi connectivity index (χ3v) is 6.93. The van der Waals surface area contributed by atoms with Gasteiger partial charge in [-0.1, -0.05) is 12.1 Å². The highest BCUT2D eigenvalue weighted by Gasteiger charge is 2.30. The summed E-state index contributed by atoms with van der Waals surface area (Å²) in [5, 5.41) is 8.47. The lowest BCUT2D eigenvalue weighted by atomic mass is 10.1. The minimum absolute atomic E-state index is 0.0126. The van der Waals surface area contributed by atoms with E-state index in [4.69, 9.17) is 0 Å². The van der Waals surface area contributed by atoms with Crippen molar-refractivity contribution in [1.29, 1.82) is 0 Å². The monoisotopic (exact) mass is 426 g/mol. The molecular formula is C19H21F3N4O2S. The number of sulfone groups is 1. The zero-order valence-electron chi connectivity index (χ0n) is 15.7. The lowest BCUT2D eigenvalue weighted by Gasteiger charge is -2.35. The fourth-order valence-electron chi connectivity index (χ4n) is 3.69. The number of piperazine rings is 1. The number of hydrogen-bond donors (Lipinski definition) is 0. The number of hydrogen-bond acceptors (Lipinski definition) is 6. The standard InChI is InChI=1S/C19H21F3N4O2S/c20-19(21,22)16-3-1-14(2-4-16)12-25-6-8-26(9-7-25)18-11-15-13-29(27,28)10-5-17(15)23-24-18/h1-4,11H,5-10,12-13H2. The van der Waals surface area contributed by atoms with Crippen LogP contribution in [0.15, 0.2) is 30.3 Å². The fourth-order valence-corrected chi connectivity index (χ4v) is 5.06. The molecule has 1 aromatic carbocycles. The molecule has 4 rings (SSSR count). The van der Waals surface area contributed by atoms with Crippen LogP contribution in [-0.2, 0) is 34.7 Å². The molecule has 10 heteroatoms. The summed E-state index contributed by atoms with van der Waals surface area (Å²) in [6.45, 7) is 3.44. The van der Waals surface area contributed by atoms with Crippen molar-refractivity contribution in [3.8, 4) is 0 Å². The van der Waals surface area contributed by atoms with Gasteiger partial charge in [0.1, 0.15) is 0 Å². The quantitative estimate of drug-likeness (QED) is 0.750. The highest BCUT2D eigenvalue weighted by molar-refractivity contribution is 7.90. The molecule has 2 aromatic rings. The van der Waals surface area contributed by atoms with Gasteiger partial charge in [0, 0.05) is 39.1 Å². The topological polar surface area (TPSA) is 66.4 Å². The molecule has 0 N–H and O–H groups in total. The fraction of sp³-hybridized carbons (Fsp3) is 0.474. The van der Waals surface area contributed by atoms with Crippen LogP contribution in [0.2, 0.25) is 0 Å². The number of anilines is 1. The second-order valence-electron chi connectivity index (χ2n) is 7.47. The third-order valence-electron chi connectivity index (χ3n) is 5.36. The molecule has 0 saturated carbocycles. The van der Waals surface area contributed by atoms with E-state index in [0.717, 1.165) is 42.0 Å². The van der Waals surface area contributed by atoms with E-state index in [1.54, 1.807) is 0 Å². The molecule has 156 valence electrons. The second-order valence-corrected chi connectivity index (χ2v) is 9.66. The summed E-state index contributed by atoms with van der Waals surface area (Å²) >= 11 is 0. The number of halogens is 3. The normalized spacial score (nSPS) is 19.8. The van der Waals surface area contributed by atoms with Gasteiger partial charge in [0.15, 0.2) is 15.7 Å². The zero-order valence-corrected chi connectivity index (χ0v) is 16.5. The summed E-state index contributed by atoms with van der Waals surface area (Å²) in [4.78, 5) is 4.24. The highest BCUT2D eigenvalue weighted by Crippen LogP contribution is 2.29. The van der Waals surface area contributed by atoms with E-state index < -0.39 is 21.6 Å². The maximum atomic E-state index is 12.7. The molecule has 1 fully saturated rings. The summed E-state index contributed by atoms with van der Waals surface area (Å²) in [6, 6.07) is 7.09. The third kappa shape index (κ3) is 4.69. The molecule has 3 heterocycles. The Morgan fingerprint density at radius 3 is 2.34 bits per heavy atom. The van der Waals surface area contributed by atoms with Crippen molar-refractivity contribution in [3.63, 3.8) is 0 Å². The van der Waals surface area contributed by atoms with Crippen molar-refractivity contribution in [2.45, 2.75) is 24.9 Å². The Balaban J connectivity index is 1.36. The lowest BCUT2D eigenvalue weighted by molar-refractivity contribution is -0.137. The predicted octanol–water partition coefficient (Wildman–Crippen LogP) is 2.29. The number of alkyl halides is 3. The molecule has 0 bridgehead atoms. The number of aromatic nitrogens is 2. The zero-order chi connectivity index (χ0) is 20.6. The van der Waals surface area contributed by atoms with Crippen LogP contribution >= 0.6 is 0 Å². The molecule has 0 amide bonds. The van der Waals surface area contributed by atoms with Gasteiger partial charge in [0.05, 0.1) is 22.8 Å². The number of nitrogens with zero attached hydrogens (tertiary/aromatic N) is 4. The Bertz CT molecular complexity index is 986. The van der Waals surface area contributed by atoms with Crippen molar-refractivity contribution < 1.29 is 21.6 Å². The van der Waals surface area contributed by atoms with Gasteiger partial charge in [0.2, 0.25) is 0 Å². The van der Waals surface area contributed by atoms with Gasteiger partial charge in [-0.3, -0.25) is 4.90 Å². The van der Waals surface area contributed by atoms with Crippen molar-refractivity contribution in [2.75, 3.05) is 36.8 Å². The Labute approximate surface area is 167 Å². The minimum Gasteiger partial charge on any atom is -0.353 e. The Morgan fingerprint density at radius 2 is 1.69 bits per heavy atom. The van der Waals surface area contributed by atoms with Gasteiger partial charge in [-0.15, -0.1) is 5.10 Å². The van der Waals surface area contributed by atoms with Gasteiger partial charge in [0.25, 0.3) is 0 Å². The van der Waals surface area contributed by atoms with Gasteiger partial charge in [-0.25, -0.2) is 8.42 Å². The number of rotatable bonds is 3. The SMILES string of the molecule is O=S1(=O)CCc2nnc(N3CCN(Cc4ccc(C(F)(F)F)cc4)CC3)cc2C1. The van der Waals surface area contributed by atoms with E-state index in [-0.39, 0.29) is 11.5 Å². The summed E-state index contributed by atoms with van der Waals surface area (Å²) in [5.74, 6) is 0.810. The average Bonchev–Trinajstić information content (AvgIpc) is 2.67. The molecule has 0 radical (unpaired) electrons. The average molecular weight is 426 g/mol. The maximum absolute atomic E-state index is 12.7. The van der Waals surface area contributed by atoms with Gasteiger partial charge < -0.3 is 4.90 Å². The van der Waals surface area contributed by atoms with Crippen LogP contribution in [0.1, 0.15) is 22.4 Å². The first-order valence-electron chi connectivity index (χ1n) is 9.39. The van der Waals surface area contributed by atoms with Gasteiger partial charge in [-0.2, -0.15) is 18.3 Å². The van der Waals surface area contributed by atoms with Crippen LogP contribution in [-0.4, -0.2) is 55.4 Å². The molecule has 6 nitrogen and oxygen atoms in total. The van der Waals surface area contributed by atoms with Crippen LogP contribution < -0.4 is 4.90 Å². The van der Waals surface area contributed by atoms with Crippen molar-refractivity contribution in [2.24, 2.45) is 0 Å². The van der Waals surface area contributed by atoms with Crippen LogP contribution in [0.3, 0.4) is 0 Å². The van der Waals surface area contributed by atoms with E-state index in [2.05, 4.69) is 20.0 Å². The Hall–Kier alpha value is -2.20. The number of fused-ring (bicyclic) bond motifs is 1. The van der Waals surface area contributed by atoms with E-state index in [0.29, 0.717) is 31.9 Å². The second kappa shape index (κ2) is 7.56. The van der Waals surface area contributed by atoms with E-state index in [1.165, 1.54) is 12.1 Å². The molecule has 0 unspecified atom stereocenters. The van der Waals surface area contributed by atoms with Gasteiger partial charge in [-0.05, 0) is 29.3 Å². The van der Waals surface area contributed by atoms with E-state index >= 15 is 0 Å². The van der Waals surface area contributed by atoms with Crippen molar-refractivity contribution >= 4 is 15.7 Å². The summed E-state index contributed by atoms with van der Waals surface area (Å²) in [5.41, 5.74) is 1.68. The lowest BCUT2D eigenvalue weighted by Crippen LogP contribution is -2.46. The molecule has 0 atom stereocenters. The summed E-state index contributed by atoms with van der Waals surface area (Å²) in [7, 11) is -3.06. The molecule has 1 saturated heterocycles. The van der Waals surface area contributed by atoms with Crippen LogP contribution in [0, 0.1) is 0 Å². The Morgan fingerprint density at radius 1 is 1.00 bits per heavy atom. The van der Waals surface area contributed by atoms with Crippen LogP contribution in [0.4, 0.5) is 19.0 Å². The summed E-state index contributed by atoms with van der Waals surface area (Å²) < 4.78 is 61.7. The van der Waals surface area contributed by atoms with Gasteiger partial charge >= 0.3 is 6.18 Å². The first kappa shape index (κ1) is 20.1. The largest absolute Gasteiger partial charge is 0.416 e. The van der Waals surface area contributed by atoms with Crippen LogP contribution in [0.5, 0.6) is 0 Å². The molecule has 2 aliphatic rings. The molecule has 2 aliphatic heterocycles. The summed E-state index contributed by atoms with van der Waals surface area (Å²) in [6.07, 6.45) is -3.91. The first-order chi connectivity index (χ1) is 13.7. The molecular weight excluding hydrogens is 405 g/mol. The maximum Gasteiger partial charge on any atom is 0.416 e. The molecule has 1 aromatic heterocycles. The van der Waals surface area contributed by atoms with Crippen molar-refractivity contribution in [3.05, 3.63) is 52.7 Å². The molecule has 29 heavy (non-hydrogen) atoms. The molecule has 0 aliphatic carbocycles. The van der Waals surface area contributed by atoms with Crippen molar-refractivity contribution in [1.82, 2.24) is 15.1 Å². The highest BCUT2D eigenvalue weighted by atomic mass is 32.2. The predicted molar refractivity (Wildman–Crippen MR) is 102 cm³/mol. The molecule has 0 spiro atoms. The Kier molecular flexibility index (Phi) is 5.24. The smallest absolute Gasteiger partial charge is 0.353 e. The van der Waals surface area contributed by atoms with E-state index in [1.807, 2.05) is 6.07 Å². The number of aryl methyl sites for hydroxylation is 1. The number of benzene rings is 1. The first-order valence-corrected chi connectivity index (χ1v) is 11.2. The minimum atomic E-state index is -4.32. The van der Waals surface area contributed by atoms with E-state index in [9.17, 15) is 21.6 Å².